The second-order valence-corrected chi connectivity index (χ2v) is 4.73. The fraction of sp³-hybridized carbons (Fsp3) is 0.400. The third kappa shape index (κ3) is 2.25. The maximum atomic E-state index is 6.38. The van der Waals surface area contributed by atoms with Crippen LogP contribution in [0.2, 0.25) is 0 Å². The van der Waals surface area contributed by atoms with Gasteiger partial charge in [-0.15, -0.1) is 0 Å². The van der Waals surface area contributed by atoms with E-state index in [1.165, 1.54) is 0 Å². The molecule has 5 heteroatoms. The average molecular weight is 273 g/mol. The molecule has 2 N–H and O–H groups in total. The molecule has 0 amide bonds. The predicted octanol–water partition coefficient (Wildman–Crippen LogP) is 2.05. The number of nitrogens with two attached hydrogens (primary N) is 1. The molecule has 2 heterocycles. The van der Waals surface area contributed by atoms with Crippen LogP contribution in [0, 0.1) is 0 Å². The molecule has 0 bridgehead atoms. The molecule has 0 unspecified atom stereocenters. The first-order valence-electron chi connectivity index (χ1n) is 6.95. The number of rotatable bonds is 3. The topological polar surface area (TPSA) is 60.6 Å². The molecule has 106 valence electrons. The van der Waals surface area contributed by atoms with Crippen molar-refractivity contribution in [2.45, 2.75) is 6.92 Å². The number of ether oxygens (including phenoxy) is 2. The highest BCUT2D eigenvalue weighted by Crippen LogP contribution is 2.38. The summed E-state index contributed by atoms with van der Waals surface area (Å²) in [7, 11) is 0. The first-order valence-corrected chi connectivity index (χ1v) is 6.95. The van der Waals surface area contributed by atoms with Crippen molar-refractivity contribution in [3.8, 4) is 5.88 Å². The highest BCUT2D eigenvalue weighted by Gasteiger charge is 2.21. The number of pyridine rings is 1. The van der Waals surface area contributed by atoms with E-state index in [9.17, 15) is 0 Å². The van der Waals surface area contributed by atoms with Gasteiger partial charge < -0.3 is 20.1 Å². The van der Waals surface area contributed by atoms with E-state index in [2.05, 4.69) is 9.88 Å². The maximum absolute atomic E-state index is 6.38. The molecule has 0 aliphatic carbocycles. The van der Waals surface area contributed by atoms with Crippen LogP contribution in [0.1, 0.15) is 6.92 Å². The Morgan fingerprint density at radius 1 is 1.30 bits per heavy atom. The van der Waals surface area contributed by atoms with Gasteiger partial charge in [0.25, 0.3) is 0 Å². The zero-order valence-electron chi connectivity index (χ0n) is 11.6. The van der Waals surface area contributed by atoms with Crippen molar-refractivity contribution < 1.29 is 9.47 Å². The molecule has 1 aliphatic rings. The number of anilines is 2. The molecule has 2 aromatic rings. The molecule has 5 nitrogen and oxygen atoms in total. The van der Waals surface area contributed by atoms with E-state index in [1.807, 2.05) is 31.2 Å². The maximum Gasteiger partial charge on any atom is 0.240 e. The number of benzene rings is 1. The van der Waals surface area contributed by atoms with Gasteiger partial charge in [0.2, 0.25) is 5.88 Å². The highest BCUT2D eigenvalue weighted by molar-refractivity contribution is 5.98. The molecule has 20 heavy (non-hydrogen) atoms. The summed E-state index contributed by atoms with van der Waals surface area (Å²) >= 11 is 0. The Kier molecular flexibility index (Phi) is 3.60. The Labute approximate surface area is 118 Å². The Hall–Kier alpha value is -2.01. The summed E-state index contributed by atoms with van der Waals surface area (Å²) in [6.07, 6.45) is 0. The lowest BCUT2D eigenvalue weighted by molar-refractivity contribution is 0.122. The molecule has 0 atom stereocenters. The van der Waals surface area contributed by atoms with E-state index in [0.717, 1.165) is 35.4 Å². The van der Waals surface area contributed by atoms with Crippen LogP contribution < -0.4 is 15.4 Å². The molecule has 1 saturated heterocycles. The lowest BCUT2D eigenvalue weighted by atomic mass is 10.1. The fourth-order valence-electron chi connectivity index (χ4n) is 2.53. The minimum atomic E-state index is 0.572. The summed E-state index contributed by atoms with van der Waals surface area (Å²) in [5.74, 6) is 0.616. The zero-order chi connectivity index (χ0) is 13.9. The van der Waals surface area contributed by atoms with Crippen LogP contribution in [0.5, 0.6) is 5.88 Å². The third-order valence-electron chi connectivity index (χ3n) is 3.48. The number of hydrogen-bond donors (Lipinski definition) is 1. The fourth-order valence-corrected chi connectivity index (χ4v) is 2.53. The van der Waals surface area contributed by atoms with Crippen LogP contribution >= 0.6 is 0 Å². The van der Waals surface area contributed by atoms with Crippen molar-refractivity contribution in [2.24, 2.45) is 0 Å². The van der Waals surface area contributed by atoms with Crippen LogP contribution in [-0.2, 0) is 4.74 Å². The predicted molar refractivity (Wildman–Crippen MR) is 80.4 cm³/mol. The molecule has 3 rings (SSSR count). The van der Waals surface area contributed by atoms with Crippen LogP contribution in [-0.4, -0.2) is 37.9 Å². The van der Waals surface area contributed by atoms with Crippen LogP contribution in [0.3, 0.4) is 0 Å². The van der Waals surface area contributed by atoms with Crippen molar-refractivity contribution >= 4 is 22.3 Å². The first-order chi connectivity index (χ1) is 9.81. The summed E-state index contributed by atoms with van der Waals surface area (Å²) < 4.78 is 11.1. The molecule has 0 radical (unpaired) electrons. The lowest BCUT2D eigenvalue weighted by Crippen LogP contribution is -2.37. The van der Waals surface area contributed by atoms with E-state index in [0.29, 0.717) is 25.7 Å². The Bertz CT molecular complexity index is 609. The van der Waals surface area contributed by atoms with Crippen molar-refractivity contribution in [3.63, 3.8) is 0 Å². The molecule has 1 aromatic heterocycles. The molecule has 1 fully saturated rings. The van der Waals surface area contributed by atoms with E-state index >= 15 is 0 Å². The molecule has 1 aliphatic heterocycles. The quantitative estimate of drug-likeness (QED) is 0.927. The summed E-state index contributed by atoms with van der Waals surface area (Å²) in [5.41, 5.74) is 8.88. The summed E-state index contributed by atoms with van der Waals surface area (Å²) in [4.78, 5) is 6.81. The van der Waals surface area contributed by atoms with Crippen LogP contribution in [0.15, 0.2) is 24.3 Å². The van der Waals surface area contributed by atoms with Crippen molar-refractivity contribution in [3.05, 3.63) is 24.3 Å². The van der Waals surface area contributed by atoms with Gasteiger partial charge in [0.05, 0.1) is 31.0 Å². The monoisotopic (exact) mass is 273 g/mol. The lowest BCUT2D eigenvalue weighted by Gasteiger charge is -2.31. The summed E-state index contributed by atoms with van der Waals surface area (Å²) in [6.45, 7) is 5.56. The smallest absolute Gasteiger partial charge is 0.240 e. The minimum absolute atomic E-state index is 0.572. The van der Waals surface area contributed by atoms with Crippen molar-refractivity contribution in [1.82, 2.24) is 4.98 Å². The largest absolute Gasteiger partial charge is 0.476 e. The molecular formula is C15H19N3O2. The average Bonchev–Trinajstić information content (AvgIpc) is 2.49. The number of hydrogen-bond acceptors (Lipinski definition) is 5. The molecule has 0 saturated carbocycles. The van der Waals surface area contributed by atoms with Gasteiger partial charge in [0, 0.05) is 18.5 Å². The van der Waals surface area contributed by atoms with Gasteiger partial charge in [0.15, 0.2) is 0 Å². The van der Waals surface area contributed by atoms with E-state index in [1.54, 1.807) is 0 Å². The Morgan fingerprint density at radius 2 is 2.05 bits per heavy atom. The summed E-state index contributed by atoms with van der Waals surface area (Å²) in [5, 5.41) is 0.970. The van der Waals surface area contributed by atoms with E-state index in [-0.39, 0.29) is 0 Å². The molecular weight excluding hydrogens is 254 g/mol. The molecule has 0 spiro atoms. The van der Waals surface area contributed by atoms with Gasteiger partial charge in [-0.3, -0.25) is 0 Å². The minimum Gasteiger partial charge on any atom is -0.476 e. The highest BCUT2D eigenvalue weighted by atomic mass is 16.5. The zero-order valence-corrected chi connectivity index (χ0v) is 11.6. The number of nitrogens with zero attached hydrogens (tertiary/aromatic N) is 2. The van der Waals surface area contributed by atoms with Gasteiger partial charge in [-0.2, -0.15) is 0 Å². The Balaban J connectivity index is 2.15. The van der Waals surface area contributed by atoms with Crippen molar-refractivity contribution in [2.75, 3.05) is 43.5 Å². The van der Waals surface area contributed by atoms with Gasteiger partial charge in [-0.05, 0) is 13.0 Å². The Morgan fingerprint density at radius 3 is 2.80 bits per heavy atom. The van der Waals surface area contributed by atoms with E-state index in [4.69, 9.17) is 15.2 Å². The van der Waals surface area contributed by atoms with E-state index < -0.39 is 0 Å². The number of fused-ring (bicyclic) bond motifs is 1. The van der Waals surface area contributed by atoms with Gasteiger partial charge in [0.1, 0.15) is 5.69 Å². The first kappa shape index (κ1) is 13.0. The normalized spacial score (nSPS) is 15.6. The van der Waals surface area contributed by atoms with Crippen LogP contribution in [0.25, 0.3) is 10.9 Å². The van der Waals surface area contributed by atoms with Crippen molar-refractivity contribution in [1.29, 1.82) is 0 Å². The third-order valence-corrected chi connectivity index (χ3v) is 3.48. The number of aromatic nitrogens is 1. The molecule has 1 aromatic carbocycles. The van der Waals surface area contributed by atoms with Gasteiger partial charge in [-0.25, -0.2) is 4.98 Å². The SMILES string of the molecule is CCOc1nc2ccccc2c(N)c1N1CCOCC1. The standard InChI is InChI=1S/C15H19N3O2/c1-2-20-15-14(18-7-9-19-10-8-18)13(16)11-5-3-4-6-12(11)17-15/h3-6H,2,7-10H2,1H3,(H2,16,17). The van der Waals surface area contributed by atoms with Crippen LogP contribution in [0.4, 0.5) is 11.4 Å². The van der Waals surface area contributed by atoms with Gasteiger partial charge in [-0.1, -0.05) is 18.2 Å². The number of nitrogen functional groups attached to an aromatic ring is 1. The van der Waals surface area contributed by atoms with Gasteiger partial charge >= 0.3 is 0 Å². The second kappa shape index (κ2) is 5.54. The number of morpholine rings is 1. The number of para-hydroxylation sites is 1. The second-order valence-electron chi connectivity index (χ2n) is 4.73. The summed E-state index contributed by atoms with van der Waals surface area (Å²) in [6, 6.07) is 7.89.